The standard InChI is InChI=1S/C15H15BrFNO2/c1-19-14-6-3-10(7-15(14)20-2)9-18-11-4-5-13(17)12(16)8-11/h3-8,18H,9H2,1-2H3. The Hall–Kier alpha value is -1.75. The van der Waals surface area contributed by atoms with Gasteiger partial charge in [-0.25, -0.2) is 4.39 Å². The van der Waals surface area contributed by atoms with Gasteiger partial charge in [-0.3, -0.25) is 0 Å². The zero-order valence-electron chi connectivity index (χ0n) is 11.2. The lowest BCUT2D eigenvalue weighted by molar-refractivity contribution is 0.354. The molecule has 1 N–H and O–H groups in total. The number of ether oxygens (including phenoxy) is 2. The van der Waals surface area contributed by atoms with Crippen LogP contribution < -0.4 is 14.8 Å². The van der Waals surface area contributed by atoms with Crippen molar-refractivity contribution in [2.75, 3.05) is 19.5 Å². The molecule has 0 aromatic heterocycles. The van der Waals surface area contributed by atoms with E-state index in [0.29, 0.717) is 22.5 Å². The minimum atomic E-state index is -0.276. The fraction of sp³-hybridized carbons (Fsp3) is 0.200. The molecule has 3 nitrogen and oxygen atoms in total. The van der Waals surface area contributed by atoms with Crippen LogP contribution in [0.5, 0.6) is 11.5 Å². The van der Waals surface area contributed by atoms with Crippen LogP contribution in [0.1, 0.15) is 5.56 Å². The summed E-state index contributed by atoms with van der Waals surface area (Å²) in [5.74, 6) is 1.11. The second-order valence-corrected chi connectivity index (χ2v) is 5.03. The maximum atomic E-state index is 13.1. The second kappa shape index (κ2) is 6.61. The Bertz CT molecular complexity index is 604. The number of halogens is 2. The van der Waals surface area contributed by atoms with E-state index in [9.17, 15) is 4.39 Å². The van der Waals surface area contributed by atoms with E-state index in [1.165, 1.54) is 6.07 Å². The first kappa shape index (κ1) is 14.7. The van der Waals surface area contributed by atoms with Crippen molar-refractivity contribution in [1.82, 2.24) is 0 Å². The van der Waals surface area contributed by atoms with Gasteiger partial charge in [0.2, 0.25) is 0 Å². The normalized spacial score (nSPS) is 10.2. The molecule has 0 saturated heterocycles. The Balaban J connectivity index is 2.08. The number of methoxy groups -OCH3 is 2. The average molecular weight is 340 g/mol. The quantitative estimate of drug-likeness (QED) is 0.884. The van der Waals surface area contributed by atoms with Crippen LogP contribution in [0.25, 0.3) is 0 Å². The van der Waals surface area contributed by atoms with Gasteiger partial charge in [0.05, 0.1) is 18.7 Å². The maximum Gasteiger partial charge on any atom is 0.161 e. The number of benzene rings is 2. The summed E-state index contributed by atoms with van der Waals surface area (Å²) in [6.07, 6.45) is 0. The third kappa shape index (κ3) is 3.42. The van der Waals surface area contributed by atoms with Gasteiger partial charge in [0.1, 0.15) is 5.82 Å². The van der Waals surface area contributed by atoms with Crippen molar-refractivity contribution in [3.8, 4) is 11.5 Å². The molecule has 0 spiro atoms. The van der Waals surface area contributed by atoms with Crippen molar-refractivity contribution >= 4 is 21.6 Å². The molecule has 0 atom stereocenters. The van der Waals surface area contributed by atoms with Crippen LogP contribution >= 0.6 is 15.9 Å². The predicted octanol–water partition coefficient (Wildman–Crippen LogP) is 4.22. The smallest absolute Gasteiger partial charge is 0.161 e. The van der Waals surface area contributed by atoms with E-state index in [1.54, 1.807) is 26.4 Å². The number of rotatable bonds is 5. The van der Waals surface area contributed by atoms with Gasteiger partial charge in [-0.2, -0.15) is 0 Å². The Labute approximate surface area is 125 Å². The molecule has 0 heterocycles. The summed E-state index contributed by atoms with van der Waals surface area (Å²) >= 11 is 3.16. The van der Waals surface area contributed by atoms with Crippen molar-refractivity contribution in [2.24, 2.45) is 0 Å². The summed E-state index contributed by atoms with van der Waals surface area (Å²) in [5.41, 5.74) is 1.89. The Morgan fingerprint density at radius 2 is 1.80 bits per heavy atom. The van der Waals surface area contributed by atoms with Gasteiger partial charge in [-0.05, 0) is 51.8 Å². The van der Waals surface area contributed by atoms with Crippen LogP contribution in [-0.4, -0.2) is 14.2 Å². The van der Waals surface area contributed by atoms with E-state index in [0.717, 1.165) is 11.3 Å². The highest BCUT2D eigenvalue weighted by molar-refractivity contribution is 9.10. The monoisotopic (exact) mass is 339 g/mol. The molecule has 0 aliphatic rings. The van der Waals surface area contributed by atoms with Gasteiger partial charge in [0.15, 0.2) is 11.5 Å². The van der Waals surface area contributed by atoms with Gasteiger partial charge in [-0.1, -0.05) is 6.07 Å². The molecule has 0 aliphatic carbocycles. The molecule has 5 heteroatoms. The van der Waals surface area contributed by atoms with Crippen molar-refractivity contribution in [2.45, 2.75) is 6.54 Å². The molecule has 20 heavy (non-hydrogen) atoms. The van der Waals surface area contributed by atoms with Crippen molar-refractivity contribution in [3.63, 3.8) is 0 Å². The molecule has 0 bridgehead atoms. The largest absolute Gasteiger partial charge is 0.493 e. The van der Waals surface area contributed by atoms with Crippen LogP contribution in [-0.2, 0) is 6.54 Å². The van der Waals surface area contributed by atoms with Gasteiger partial charge in [0.25, 0.3) is 0 Å². The first-order chi connectivity index (χ1) is 9.63. The highest BCUT2D eigenvalue weighted by atomic mass is 79.9. The average Bonchev–Trinajstić information content (AvgIpc) is 2.48. The lowest BCUT2D eigenvalue weighted by Crippen LogP contribution is -2.00. The Morgan fingerprint density at radius 3 is 2.45 bits per heavy atom. The molecule has 2 rings (SSSR count). The zero-order chi connectivity index (χ0) is 14.5. The minimum Gasteiger partial charge on any atom is -0.493 e. The van der Waals surface area contributed by atoms with Gasteiger partial charge >= 0.3 is 0 Å². The molecule has 0 radical (unpaired) electrons. The van der Waals surface area contributed by atoms with Crippen LogP contribution in [0.3, 0.4) is 0 Å². The van der Waals surface area contributed by atoms with E-state index in [2.05, 4.69) is 21.2 Å². The minimum absolute atomic E-state index is 0.276. The topological polar surface area (TPSA) is 30.5 Å². The van der Waals surface area contributed by atoms with Crippen LogP contribution in [0.2, 0.25) is 0 Å². The predicted molar refractivity (Wildman–Crippen MR) is 81.0 cm³/mol. The Kier molecular flexibility index (Phi) is 4.84. The van der Waals surface area contributed by atoms with E-state index in [-0.39, 0.29) is 5.82 Å². The van der Waals surface area contributed by atoms with Crippen molar-refractivity contribution < 1.29 is 13.9 Å². The molecule has 2 aromatic carbocycles. The lowest BCUT2D eigenvalue weighted by atomic mass is 10.2. The third-order valence-corrected chi connectivity index (χ3v) is 3.47. The van der Waals surface area contributed by atoms with E-state index in [1.807, 2.05) is 18.2 Å². The number of anilines is 1. The zero-order valence-corrected chi connectivity index (χ0v) is 12.8. The third-order valence-electron chi connectivity index (χ3n) is 2.86. The molecular weight excluding hydrogens is 325 g/mol. The SMILES string of the molecule is COc1ccc(CNc2ccc(F)c(Br)c2)cc1OC. The lowest BCUT2D eigenvalue weighted by Gasteiger charge is -2.11. The highest BCUT2D eigenvalue weighted by Crippen LogP contribution is 2.28. The number of nitrogens with one attached hydrogen (secondary N) is 1. The second-order valence-electron chi connectivity index (χ2n) is 4.17. The molecule has 106 valence electrons. The van der Waals surface area contributed by atoms with Gasteiger partial charge in [-0.15, -0.1) is 0 Å². The van der Waals surface area contributed by atoms with E-state index < -0.39 is 0 Å². The van der Waals surface area contributed by atoms with Crippen molar-refractivity contribution in [1.29, 1.82) is 0 Å². The summed E-state index contributed by atoms with van der Waals surface area (Å²) in [6, 6.07) is 10.5. The highest BCUT2D eigenvalue weighted by Gasteiger charge is 2.05. The summed E-state index contributed by atoms with van der Waals surface area (Å²) in [4.78, 5) is 0. The Morgan fingerprint density at radius 1 is 1.05 bits per heavy atom. The molecule has 2 aromatic rings. The molecule has 0 amide bonds. The molecule has 0 saturated carbocycles. The van der Waals surface area contributed by atoms with Gasteiger partial charge < -0.3 is 14.8 Å². The summed E-state index contributed by atoms with van der Waals surface area (Å²) < 4.78 is 24.0. The number of hydrogen-bond donors (Lipinski definition) is 1. The van der Waals surface area contributed by atoms with Crippen LogP contribution in [0, 0.1) is 5.82 Å². The molecular formula is C15H15BrFNO2. The summed E-state index contributed by atoms with van der Waals surface area (Å²) in [7, 11) is 3.21. The fourth-order valence-corrected chi connectivity index (χ4v) is 2.18. The van der Waals surface area contributed by atoms with Gasteiger partial charge in [0, 0.05) is 12.2 Å². The molecule has 0 fully saturated rings. The summed E-state index contributed by atoms with van der Waals surface area (Å²) in [6.45, 7) is 0.610. The maximum absolute atomic E-state index is 13.1. The first-order valence-corrected chi connectivity index (χ1v) is 6.83. The van der Waals surface area contributed by atoms with E-state index >= 15 is 0 Å². The molecule has 0 aliphatic heterocycles. The summed E-state index contributed by atoms with van der Waals surface area (Å²) in [5, 5.41) is 3.22. The van der Waals surface area contributed by atoms with E-state index in [4.69, 9.17) is 9.47 Å². The van der Waals surface area contributed by atoms with Crippen LogP contribution in [0.4, 0.5) is 10.1 Å². The molecule has 0 unspecified atom stereocenters. The first-order valence-electron chi connectivity index (χ1n) is 6.04. The van der Waals surface area contributed by atoms with Crippen LogP contribution in [0.15, 0.2) is 40.9 Å². The van der Waals surface area contributed by atoms with Crippen molar-refractivity contribution in [3.05, 3.63) is 52.3 Å². The fourth-order valence-electron chi connectivity index (χ4n) is 1.80. The number of hydrogen-bond acceptors (Lipinski definition) is 3.